The van der Waals surface area contributed by atoms with Crippen LogP contribution in [0.25, 0.3) is 5.57 Å². The maximum absolute atomic E-state index is 12.4. The van der Waals surface area contributed by atoms with Crippen LogP contribution in [0.1, 0.15) is 16.7 Å². The number of pyridine rings is 1. The van der Waals surface area contributed by atoms with Crippen molar-refractivity contribution in [2.45, 2.75) is 12.8 Å². The predicted molar refractivity (Wildman–Crippen MR) is 92.9 cm³/mol. The van der Waals surface area contributed by atoms with E-state index in [1.165, 1.54) is 12.1 Å². The van der Waals surface area contributed by atoms with E-state index in [2.05, 4.69) is 9.72 Å². The third-order valence-electron chi connectivity index (χ3n) is 3.79. The lowest BCUT2D eigenvalue weighted by Gasteiger charge is -2.13. The monoisotopic (exact) mass is 370 g/mol. The highest BCUT2D eigenvalue weighted by Crippen LogP contribution is 2.39. The Morgan fingerprint density at radius 3 is 2.56 bits per heavy atom. The molecule has 25 heavy (non-hydrogen) atoms. The minimum atomic E-state index is -4.68. The van der Waals surface area contributed by atoms with Crippen LogP contribution in [0.4, 0.5) is 13.2 Å². The van der Waals surface area contributed by atoms with Gasteiger partial charge in [0.15, 0.2) is 0 Å². The van der Waals surface area contributed by atoms with Crippen LogP contribution in [0, 0.1) is 0 Å². The Morgan fingerprint density at radius 1 is 1.20 bits per heavy atom. The lowest BCUT2D eigenvalue weighted by molar-refractivity contribution is -0.274. The fourth-order valence-electron chi connectivity index (χ4n) is 3.05. The van der Waals surface area contributed by atoms with Crippen molar-refractivity contribution in [1.82, 2.24) is 9.88 Å². The molecule has 1 heterocycles. The van der Waals surface area contributed by atoms with Crippen LogP contribution in [0.5, 0.6) is 5.75 Å². The minimum Gasteiger partial charge on any atom is -0.406 e. The minimum absolute atomic E-state index is 0. The number of nitrogens with zero attached hydrogens (tertiary/aromatic N) is 2. The van der Waals surface area contributed by atoms with E-state index in [1.54, 1.807) is 18.5 Å². The number of rotatable bonds is 4. The van der Waals surface area contributed by atoms with Gasteiger partial charge in [0.05, 0.1) is 0 Å². The van der Waals surface area contributed by atoms with Crippen LogP contribution in [0.3, 0.4) is 0 Å². The Balaban J connectivity index is 0.00000225. The Labute approximate surface area is 150 Å². The summed E-state index contributed by atoms with van der Waals surface area (Å²) in [7, 11) is 3.93. The molecule has 3 nitrogen and oxygen atoms in total. The van der Waals surface area contributed by atoms with Gasteiger partial charge < -0.3 is 9.64 Å². The molecule has 0 spiro atoms. The summed E-state index contributed by atoms with van der Waals surface area (Å²) in [5.74, 6) is -0.183. The van der Waals surface area contributed by atoms with Gasteiger partial charge in [-0.05, 0) is 61.0 Å². The number of alkyl halides is 3. The van der Waals surface area contributed by atoms with Crippen LogP contribution in [-0.2, 0) is 6.42 Å². The second-order valence-corrected chi connectivity index (χ2v) is 6.00. The molecule has 1 aliphatic carbocycles. The molecule has 0 bridgehead atoms. The number of hydrogen-bond donors (Lipinski definition) is 0. The summed E-state index contributed by atoms with van der Waals surface area (Å²) in [6, 6.07) is 8.35. The molecule has 3 rings (SSSR count). The third kappa shape index (κ3) is 4.52. The van der Waals surface area contributed by atoms with E-state index >= 15 is 0 Å². The first kappa shape index (κ1) is 19.3. The van der Waals surface area contributed by atoms with E-state index < -0.39 is 6.36 Å². The fraction of sp³-hybridized carbons (Fsp3) is 0.278. The number of aromatic nitrogens is 1. The summed E-state index contributed by atoms with van der Waals surface area (Å²) >= 11 is 0. The fourth-order valence-corrected chi connectivity index (χ4v) is 3.05. The quantitative estimate of drug-likeness (QED) is 0.801. The molecule has 1 aromatic heterocycles. The van der Waals surface area contributed by atoms with E-state index in [4.69, 9.17) is 0 Å². The van der Waals surface area contributed by atoms with Crippen molar-refractivity contribution in [3.05, 3.63) is 65.0 Å². The Kier molecular flexibility index (Phi) is 5.75. The maximum Gasteiger partial charge on any atom is 0.573 e. The highest BCUT2D eigenvalue weighted by atomic mass is 35.5. The number of likely N-dealkylation sites (N-methyl/N-ethyl adjacent to an activating group) is 1. The molecule has 2 aromatic rings. The van der Waals surface area contributed by atoms with Gasteiger partial charge in [0.2, 0.25) is 0 Å². The number of hydrogen-bond acceptors (Lipinski definition) is 3. The zero-order valence-corrected chi connectivity index (χ0v) is 14.6. The molecule has 0 saturated carbocycles. The standard InChI is InChI=1S/C18H17F3N2O.ClH/c1-23(2)11-14-8-13-9-15(24-18(19,20)21)5-6-16(13)17(14)12-4-3-7-22-10-12;/h3-7,9-10H,8,11H2,1-2H3;1H. The number of halogens is 4. The summed E-state index contributed by atoms with van der Waals surface area (Å²) in [6.45, 7) is 0.731. The number of benzene rings is 1. The third-order valence-corrected chi connectivity index (χ3v) is 3.79. The van der Waals surface area contributed by atoms with Gasteiger partial charge in [-0.1, -0.05) is 12.1 Å². The van der Waals surface area contributed by atoms with Crippen LogP contribution in [-0.4, -0.2) is 36.9 Å². The molecule has 1 aliphatic rings. The first-order chi connectivity index (χ1) is 11.3. The van der Waals surface area contributed by atoms with E-state index in [-0.39, 0.29) is 18.2 Å². The summed E-state index contributed by atoms with van der Waals surface area (Å²) in [4.78, 5) is 6.21. The molecule has 0 saturated heterocycles. The zero-order valence-electron chi connectivity index (χ0n) is 13.8. The van der Waals surface area contributed by atoms with Crippen molar-refractivity contribution in [2.75, 3.05) is 20.6 Å². The molecular formula is C18H18ClF3N2O. The molecule has 0 radical (unpaired) electrons. The van der Waals surface area contributed by atoms with Crippen molar-refractivity contribution in [3.63, 3.8) is 0 Å². The van der Waals surface area contributed by atoms with Gasteiger partial charge in [0.25, 0.3) is 0 Å². The maximum atomic E-state index is 12.4. The van der Waals surface area contributed by atoms with Crippen molar-refractivity contribution in [2.24, 2.45) is 0 Å². The second-order valence-electron chi connectivity index (χ2n) is 6.00. The second kappa shape index (κ2) is 7.45. The van der Waals surface area contributed by atoms with E-state index in [0.29, 0.717) is 6.42 Å². The molecule has 0 atom stereocenters. The molecule has 0 N–H and O–H groups in total. The SMILES string of the molecule is CN(C)CC1=C(c2cccnc2)c2ccc(OC(F)(F)F)cc2C1.Cl. The molecule has 0 aliphatic heterocycles. The van der Waals surface area contributed by atoms with Crippen LogP contribution < -0.4 is 4.74 Å². The van der Waals surface area contributed by atoms with Gasteiger partial charge in [0, 0.05) is 24.5 Å². The van der Waals surface area contributed by atoms with Gasteiger partial charge in [-0.2, -0.15) is 0 Å². The average molecular weight is 371 g/mol. The zero-order chi connectivity index (χ0) is 17.3. The Bertz CT molecular complexity index is 774. The van der Waals surface area contributed by atoms with Gasteiger partial charge in [-0.15, -0.1) is 25.6 Å². The molecule has 134 valence electrons. The normalized spacial score (nSPS) is 13.7. The van der Waals surface area contributed by atoms with E-state index in [0.717, 1.165) is 34.4 Å². The van der Waals surface area contributed by atoms with Crippen molar-refractivity contribution in [3.8, 4) is 5.75 Å². The van der Waals surface area contributed by atoms with Crippen LogP contribution >= 0.6 is 12.4 Å². The first-order valence-corrected chi connectivity index (χ1v) is 7.49. The molecular weight excluding hydrogens is 353 g/mol. The molecule has 7 heteroatoms. The molecule has 0 fully saturated rings. The number of ether oxygens (including phenoxy) is 1. The van der Waals surface area contributed by atoms with Crippen molar-refractivity contribution < 1.29 is 17.9 Å². The average Bonchev–Trinajstić information content (AvgIpc) is 2.82. The summed E-state index contributed by atoms with van der Waals surface area (Å²) < 4.78 is 41.4. The van der Waals surface area contributed by atoms with Crippen LogP contribution in [0.15, 0.2) is 48.3 Å². The summed E-state index contributed by atoms with van der Waals surface area (Å²) in [5, 5.41) is 0. The molecule has 0 unspecified atom stereocenters. The number of fused-ring (bicyclic) bond motifs is 1. The van der Waals surface area contributed by atoms with Gasteiger partial charge in [0.1, 0.15) is 5.75 Å². The summed E-state index contributed by atoms with van der Waals surface area (Å²) in [5.41, 5.74) is 4.96. The van der Waals surface area contributed by atoms with E-state index in [9.17, 15) is 13.2 Å². The largest absolute Gasteiger partial charge is 0.573 e. The highest BCUT2D eigenvalue weighted by molar-refractivity contribution is 5.87. The Hall–Kier alpha value is -2.05. The van der Waals surface area contributed by atoms with E-state index in [1.807, 2.05) is 31.1 Å². The van der Waals surface area contributed by atoms with Gasteiger partial charge in [-0.25, -0.2) is 0 Å². The van der Waals surface area contributed by atoms with Gasteiger partial charge in [-0.3, -0.25) is 4.98 Å². The predicted octanol–water partition coefficient (Wildman–Crippen LogP) is 4.32. The first-order valence-electron chi connectivity index (χ1n) is 7.49. The lowest BCUT2D eigenvalue weighted by atomic mass is 9.99. The van der Waals surface area contributed by atoms with Gasteiger partial charge >= 0.3 is 6.36 Å². The smallest absolute Gasteiger partial charge is 0.406 e. The van der Waals surface area contributed by atoms with Crippen molar-refractivity contribution in [1.29, 1.82) is 0 Å². The molecule has 1 aromatic carbocycles. The summed E-state index contributed by atoms with van der Waals surface area (Å²) in [6.07, 6.45) is -0.599. The van der Waals surface area contributed by atoms with Crippen LogP contribution in [0.2, 0.25) is 0 Å². The van der Waals surface area contributed by atoms with Crippen molar-refractivity contribution >= 4 is 18.0 Å². The topological polar surface area (TPSA) is 25.4 Å². The molecule has 0 amide bonds. The lowest BCUT2D eigenvalue weighted by Crippen LogP contribution is -2.17. The highest BCUT2D eigenvalue weighted by Gasteiger charge is 2.32. The Morgan fingerprint density at radius 2 is 1.96 bits per heavy atom.